The lowest BCUT2D eigenvalue weighted by Crippen LogP contribution is -2.58. The second-order valence-corrected chi connectivity index (χ2v) is 5.02. The molecule has 0 unspecified atom stereocenters. The molecule has 1 aromatic carbocycles. The average molecular weight is 314 g/mol. The van der Waals surface area contributed by atoms with Crippen LogP contribution in [0, 0.1) is 10.1 Å². The molecule has 0 radical (unpaired) electrons. The van der Waals surface area contributed by atoms with Crippen molar-refractivity contribution in [3.8, 4) is 5.75 Å². The number of ether oxygens (including phenoxy) is 2. The van der Waals surface area contributed by atoms with Crippen LogP contribution in [0.25, 0.3) is 0 Å². The second-order valence-electron chi connectivity index (χ2n) is 5.02. The van der Waals surface area contributed by atoms with Crippen LogP contribution < -0.4 is 10.1 Å². The lowest BCUT2D eigenvalue weighted by Gasteiger charge is -2.39. The third kappa shape index (κ3) is 3.12. The highest BCUT2D eigenvalue weighted by Gasteiger charge is 2.42. The maximum Gasteiger partial charge on any atom is 0.296 e. The van der Waals surface area contributed by atoms with Gasteiger partial charge in [0.1, 0.15) is 29.7 Å². The fraction of sp³-hybridized carbons (Fsp3) is 0.538. The SMILES string of the molecule is COc1ccc(N[C@@H]2O[C@H](C)[C@H](O)[C@@H](O)[C@H]2O)c([N+](=O)[O-])c1. The highest BCUT2D eigenvalue weighted by atomic mass is 16.6. The predicted octanol–water partition coefficient (Wildman–Crippen LogP) is -0.157. The molecule has 0 spiro atoms. The number of hydrogen-bond acceptors (Lipinski definition) is 8. The molecule has 1 fully saturated rings. The van der Waals surface area contributed by atoms with Gasteiger partial charge in [0.05, 0.1) is 24.2 Å². The topological polar surface area (TPSA) is 134 Å². The van der Waals surface area contributed by atoms with Crippen LogP contribution in [0.2, 0.25) is 0 Å². The van der Waals surface area contributed by atoms with Gasteiger partial charge in [-0.2, -0.15) is 0 Å². The van der Waals surface area contributed by atoms with E-state index in [4.69, 9.17) is 9.47 Å². The Balaban J connectivity index is 2.24. The van der Waals surface area contributed by atoms with Crippen molar-refractivity contribution in [2.75, 3.05) is 12.4 Å². The van der Waals surface area contributed by atoms with Crippen molar-refractivity contribution in [1.29, 1.82) is 0 Å². The fourth-order valence-electron chi connectivity index (χ4n) is 2.24. The number of nitrogens with zero attached hydrogens (tertiary/aromatic N) is 1. The van der Waals surface area contributed by atoms with E-state index in [-0.39, 0.29) is 11.4 Å². The molecule has 4 N–H and O–H groups in total. The minimum absolute atomic E-state index is 0.102. The number of benzene rings is 1. The van der Waals surface area contributed by atoms with Crippen molar-refractivity contribution in [2.45, 2.75) is 37.6 Å². The smallest absolute Gasteiger partial charge is 0.296 e. The molecule has 1 heterocycles. The first-order valence-electron chi connectivity index (χ1n) is 6.63. The number of anilines is 1. The first kappa shape index (κ1) is 16.4. The van der Waals surface area contributed by atoms with Gasteiger partial charge in [-0.05, 0) is 19.1 Å². The van der Waals surface area contributed by atoms with E-state index in [1.165, 1.54) is 32.2 Å². The number of rotatable bonds is 4. The Morgan fingerprint density at radius 1 is 1.27 bits per heavy atom. The quantitative estimate of drug-likeness (QED) is 0.445. The summed E-state index contributed by atoms with van der Waals surface area (Å²) in [4.78, 5) is 10.5. The largest absolute Gasteiger partial charge is 0.496 e. The molecule has 1 aliphatic rings. The van der Waals surface area contributed by atoms with Gasteiger partial charge in [-0.15, -0.1) is 0 Å². The molecule has 0 aliphatic carbocycles. The summed E-state index contributed by atoms with van der Waals surface area (Å²) in [6, 6.07) is 4.15. The Kier molecular flexibility index (Phi) is 4.81. The van der Waals surface area contributed by atoms with Crippen LogP contribution in [0.4, 0.5) is 11.4 Å². The van der Waals surface area contributed by atoms with Gasteiger partial charge in [-0.25, -0.2) is 0 Å². The van der Waals surface area contributed by atoms with E-state index < -0.39 is 35.6 Å². The molecule has 0 bridgehead atoms. The van der Waals surface area contributed by atoms with Crippen LogP contribution in [0.1, 0.15) is 6.92 Å². The summed E-state index contributed by atoms with van der Waals surface area (Å²) in [6.45, 7) is 1.52. The molecule has 2 rings (SSSR count). The van der Waals surface area contributed by atoms with Crippen molar-refractivity contribution >= 4 is 11.4 Å². The molecular weight excluding hydrogens is 296 g/mol. The number of aliphatic hydroxyl groups excluding tert-OH is 3. The maximum atomic E-state index is 11.1. The van der Waals surface area contributed by atoms with Gasteiger partial charge in [-0.1, -0.05) is 0 Å². The van der Waals surface area contributed by atoms with Crippen LogP contribution in [-0.2, 0) is 4.74 Å². The molecule has 9 heteroatoms. The summed E-state index contributed by atoms with van der Waals surface area (Å²) in [5, 5.41) is 43.1. The van der Waals surface area contributed by atoms with E-state index in [1.807, 2.05) is 0 Å². The summed E-state index contributed by atoms with van der Waals surface area (Å²) >= 11 is 0. The normalized spacial score (nSPS) is 31.6. The summed E-state index contributed by atoms with van der Waals surface area (Å²) in [5.41, 5.74) is -0.158. The van der Waals surface area contributed by atoms with Gasteiger partial charge in [0.2, 0.25) is 0 Å². The number of hydrogen-bond donors (Lipinski definition) is 4. The van der Waals surface area contributed by atoms with E-state index in [0.29, 0.717) is 5.75 Å². The Morgan fingerprint density at radius 2 is 1.95 bits per heavy atom. The Bertz CT molecular complexity index is 553. The molecule has 1 saturated heterocycles. The zero-order valence-corrected chi connectivity index (χ0v) is 12.0. The van der Waals surface area contributed by atoms with Crippen molar-refractivity contribution in [3.05, 3.63) is 28.3 Å². The van der Waals surface area contributed by atoms with Crippen molar-refractivity contribution in [2.24, 2.45) is 0 Å². The van der Waals surface area contributed by atoms with Crippen molar-refractivity contribution in [1.82, 2.24) is 0 Å². The molecule has 122 valence electrons. The maximum absolute atomic E-state index is 11.1. The molecule has 9 nitrogen and oxygen atoms in total. The van der Waals surface area contributed by atoms with Crippen LogP contribution in [-0.4, -0.2) is 58.0 Å². The molecule has 22 heavy (non-hydrogen) atoms. The zero-order chi connectivity index (χ0) is 16.4. The van der Waals surface area contributed by atoms with Gasteiger partial charge in [0.25, 0.3) is 5.69 Å². The number of aliphatic hydroxyl groups is 3. The molecule has 0 saturated carbocycles. The molecule has 0 aromatic heterocycles. The summed E-state index contributed by atoms with van der Waals surface area (Å²) in [5.74, 6) is 0.311. The number of nitro groups is 1. The predicted molar refractivity (Wildman–Crippen MR) is 75.6 cm³/mol. The van der Waals surface area contributed by atoms with Gasteiger partial charge in [0.15, 0.2) is 6.23 Å². The van der Waals surface area contributed by atoms with Crippen molar-refractivity contribution in [3.63, 3.8) is 0 Å². The first-order chi connectivity index (χ1) is 10.3. The number of methoxy groups -OCH3 is 1. The van der Waals surface area contributed by atoms with Crippen LogP contribution >= 0.6 is 0 Å². The van der Waals surface area contributed by atoms with Crippen LogP contribution in [0.15, 0.2) is 18.2 Å². The van der Waals surface area contributed by atoms with Gasteiger partial charge < -0.3 is 30.1 Å². The molecule has 1 aromatic rings. The minimum atomic E-state index is -1.44. The molecular formula is C13H18N2O7. The third-order valence-corrected chi connectivity index (χ3v) is 3.55. The van der Waals surface area contributed by atoms with Gasteiger partial charge in [0, 0.05) is 0 Å². The summed E-state index contributed by atoms with van der Waals surface area (Å²) < 4.78 is 10.3. The highest BCUT2D eigenvalue weighted by Crippen LogP contribution is 2.31. The Labute approximate surface area is 126 Å². The van der Waals surface area contributed by atoms with E-state index in [2.05, 4.69) is 5.32 Å². The fourth-order valence-corrected chi connectivity index (χ4v) is 2.24. The van der Waals surface area contributed by atoms with Crippen LogP contribution in [0.5, 0.6) is 5.75 Å². The third-order valence-electron chi connectivity index (χ3n) is 3.55. The van der Waals surface area contributed by atoms with Crippen molar-refractivity contribution < 1.29 is 29.7 Å². The van der Waals surface area contributed by atoms with Crippen LogP contribution in [0.3, 0.4) is 0 Å². The van der Waals surface area contributed by atoms with E-state index in [9.17, 15) is 25.4 Å². The highest BCUT2D eigenvalue weighted by molar-refractivity contribution is 5.64. The Hall–Kier alpha value is -1.94. The monoisotopic (exact) mass is 314 g/mol. The van der Waals surface area contributed by atoms with Gasteiger partial charge in [-0.3, -0.25) is 10.1 Å². The second kappa shape index (κ2) is 6.44. The molecule has 5 atom stereocenters. The molecule has 1 aliphatic heterocycles. The van der Waals surface area contributed by atoms with E-state index in [0.717, 1.165) is 0 Å². The minimum Gasteiger partial charge on any atom is -0.496 e. The lowest BCUT2D eigenvalue weighted by atomic mass is 9.99. The summed E-state index contributed by atoms with van der Waals surface area (Å²) in [6.07, 6.45) is -5.93. The lowest BCUT2D eigenvalue weighted by molar-refractivity contribution is -0.384. The average Bonchev–Trinajstić information content (AvgIpc) is 2.50. The van der Waals surface area contributed by atoms with Gasteiger partial charge >= 0.3 is 0 Å². The summed E-state index contributed by atoms with van der Waals surface area (Å²) in [7, 11) is 1.39. The standard InChI is InChI=1S/C13H18N2O7/c1-6-10(16)11(17)12(18)13(22-6)14-8-4-3-7(21-2)5-9(8)15(19)20/h3-6,10-14,16-18H,1-2H3/t6-,10+,11-,12-,13-/m1/s1. The Morgan fingerprint density at radius 3 is 2.55 bits per heavy atom. The van der Waals surface area contributed by atoms with E-state index >= 15 is 0 Å². The van der Waals surface area contributed by atoms with E-state index in [1.54, 1.807) is 0 Å². The first-order valence-corrected chi connectivity index (χ1v) is 6.63. The molecule has 0 amide bonds. The zero-order valence-electron chi connectivity index (χ0n) is 12.0. The number of nitrogens with one attached hydrogen (secondary N) is 1. The number of nitro benzene ring substituents is 1.